The van der Waals surface area contributed by atoms with Crippen molar-refractivity contribution < 1.29 is 9.59 Å². The lowest BCUT2D eigenvalue weighted by molar-refractivity contribution is -0.127. The highest BCUT2D eigenvalue weighted by atomic mass is 16.2. The molecule has 0 radical (unpaired) electrons. The molecule has 2 aliphatic carbocycles. The molecule has 0 spiro atoms. The van der Waals surface area contributed by atoms with Gasteiger partial charge in [-0.05, 0) is 59.9 Å². The summed E-state index contributed by atoms with van der Waals surface area (Å²) in [4.78, 5) is 29.0. The Morgan fingerprint density at radius 2 is 1.27 bits per heavy atom. The second-order valence-corrected chi connectivity index (χ2v) is 14.1. The van der Waals surface area contributed by atoms with E-state index in [0.717, 1.165) is 69.4 Å². The first-order valence-corrected chi connectivity index (χ1v) is 19.7. The van der Waals surface area contributed by atoms with Crippen LogP contribution in [0.25, 0.3) is 11.1 Å². The summed E-state index contributed by atoms with van der Waals surface area (Å²) in [6.45, 7) is 27.4. The summed E-state index contributed by atoms with van der Waals surface area (Å²) >= 11 is 0. The van der Waals surface area contributed by atoms with Gasteiger partial charge in [-0.2, -0.15) is 0 Å². The van der Waals surface area contributed by atoms with Crippen molar-refractivity contribution >= 4 is 11.8 Å². The molecule has 0 unspecified atom stereocenters. The van der Waals surface area contributed by atoms with Gasteiger partial charge in [-0.15, -0.1) is 0 Å². The van der Waals surface area contributed by atoms with Crippen molar-refractivity contribution in [2.75, 3.05) is 32.7 Å². The zero-order valence-corrected chi connectivity index (χ0v) is 32.9. The molecule has 0 bridgehead atoms. The number of nitrogens with one attached hydrogen (secondary N) is 2. The van der Waals surface area contributed by atoms with Crippen LogP contribution in [0.5, 0.6) is 0 Å². The summed E-state index contributed by atoms with van der Waals surface area (Å²) in [6.07, 6.45) is 9.93. The van der Waals surface area contributed by atoms with Crippen molar-refractivity contribution in [1.29, 1.82) is 0 Å². The third-order valence-corrected chi connectivity index (χ3v) is 9.08. The van der Waals surface area contributed by atoms with Gasteiger partial charge in [0.15, 0.2) is 0 Å². The van der Waals surface area contributed by atoms with Gasteiger partial charge in [-0.1, -0.05) is 157 Å². The van der Waals surface area contributed by atoms with Crippen molar-refractivity contribution in [2.45, 2.75) is 139 Å². The van der Waals surface area contributed by atoms with Gasteiger partial charge in [0, 0.05) is 38.0 Å². The molecule has 1 heterocycles. The first-order valence-electron chi connectivity index (χ1n) is 19.7. The molecule has 1 saturated carbocycles. The first kappa shape index (κ1) is 43.4. The molecular weight excluding hydrogens is 590 g/mol. The number of benzene rings is 2. The van der Waals surface area contributed by atoms with Crippen molar-refractivity contribution in [3.63, 3.8) is 0 Å². The van der Waals surface area contributed by atoms with E-state index in [4.69, 9.17) is 0 Å². The number of unbranched alkanes of at least 4 members (excludes halogenated alkanes) is 1. The van der Waals surface area contributed by atoms with Crippen LogP contribution in [-0.4, -0.2) is 49.4 Å². The van der Waals surface area contributed by atoms with E-state index in [1.165, 1.54) is 36.8 Å². The molecule has 2 amide bonds. The largest absolute Gasteiger partial charge is 0.355 e. The summed E-state index contributed by atoms with van der Waals surface area (Å²) in [5, 5.41) is 6.56. The van der Waals surface area contributed by atoms with Gasteiger partial charge in [0.05, 0.1) is 0 Å². The highest BCUT2D eigenvalue weighted by molar-refractivity contribution is 6.00. The van der Waals surface area contributed by atoms with Gasteiger partial charge in [0.25, 0.3) is 0 Å². The lowest BCUT2D eigenvalue weighted by atomic mass is 9.73. The van der Waals surface area contributed by atoms with Crippen LogP contribution in [0.1, 0.15) is 145 Å². The molecule has 272 valence electrons. The summed E-state index contributed by atoms with van der Waals surface area (Å²) in [5.74, 6) is 1.22. The molecule has 0 aromatic heterocycles. The fourth-order valence-electron chi connectivity index (χ4n) is 6.92. The number of likely N-dealkylation sites (tertiary alicyclic amines) is 1. The molecule has 5 nitrogen and oxygen atoms in total. The smallest absolute Gasteiger partial charge is 0.235 e. The number of fused-ring (bicyclic) bond motifs is 3. The van der Waals surface area contributed by atoms with E-state index in [1.807, 2.05) is 41.5 Å². The monoisotopic (exact) mass is 664 g/mol. The molecule has 0 atom stereocenters. The minimum atomic E-state index is -0.640. The van der Waals surface area contributed by atoms with Gasteiger partial charge in [0.2, 0.25) is 11.8 Å². The molecular formula is C43H73N3O2. The second-order valence-electron chi connectivity index (χ2n) is 14.1. The fourth-order valence-corrected chi connectivity index (χ4v) is 6.92. The Bertz CT molecular complexity index is 1130. The third-order valence-electron chi connectivity index (χ3n) is 9.08. The molecule has 2 N–H and O–H groups in total. The van der Waals surface area contributed by atoms with E-state index in [-0.39, 0.29) is 23.1 Å². The van der Waals surface area contributed by atoms with Gasteiger partial charge < -0.3 is 15.5 Å². The van der Waals surface area contributed by atoms with Crippen LogP contribution in [-0.2, 0) is 15.0 Å². The van der Waals surface area contributed by atoms with Crippen LogP contribution in [0.3, 0.4) is 0 Å². The maximum Gasteiger partial charge on any atom is 0.235 e. The van der Waals surface area contributed by atoms with Crippen molar-refractivity contribution in [3.05, 3.63) is 59.7 Å². The lowest BCUT2D eigenvalue weighted by Crippen LogP contribution is -2.52. The van der Waals surface area contributed by atoms with Crippen LogP contribution in [0.4, 0.5) is 0 Å². The fraction of sp³-hybridized carbons (Fsp3) is 0.674. The van der Waals surface area contributed by atoms with E-state index < -0.39 is 5.41 Å². The zero-order chi connectivity index (χ0) is 36.2. The van der Waals surface area contributed by atoms with Crippen molar-refractivity contribution in [1.82, 2.24) is 15.5 Å². The SMILES string of the molecule is CC.CC.CC.CC(C)(C)CNC(=O)C1(CCCCN2CC(CNC(=O)C3CCCCC3)C2)c2ccccc2-c2ccccc21.CCC. The van der Waals surface area contributed by atoms with E-state index in [1.54, 1.807) is 0 Å². The number of carbonyl (C=O) groups is 2. The third kappa shape index (κ3) is 12.0. The van der Waals surface area contributed by atoms with Crippen LogP contribution >= 0.6 is 0 Å². The average Bonchev–Trinajstić information content (AvgIpc) is 3.39. The van der Waals surface area contributed by atoms with Crippen LogP contribution in [0, 0.1) is 17.3 Å². The highest BCUT2D eigenvalue weighted by Gasteiger charge is 2.48. The Balaban J connectivity index is 0.00000117. The minimum absolute atomic E-state index is 0.0262. The molecule has 2 fully saturated rings. The van der Waals surface area contributed by atoms with Crippen LogP contribution in [0.15, 0.2) is 48.5 Å². The van der Waals surface area contributed by atoms with Crippen LogP contribution < -0.4 is 10.6 Å². The van der Waals surface area contributed by atoms with Gasteiger partial charge in [0.1, 0.15) is 5.41 Å². The van der Waals surface area contributed by atoms with Crippen LogP contribution in [0.2, 0.25) is 0 Å². The Labute approximate surface area is 296 Å². The molecule has 48 heavy (non-hydrogen) atoms. The summed E-state index contributed by atoms with van der Waals surface area (Å²) < 4.78 is 0. The van der Waals surface area contributed by atoms with E-state index in [9.17, 15) is 9.59 Å². The van der Waals surface area contributed by atoms with Gasteiger partial charge in [-0.3, -0.25) is 9.59 Å². The standard InChI is InChI=1S/C34H47N3O2.C3H8.3C2H6/c1-33(2,3)24-36-32(39)34(29-17-9-7-15-27(29)28-16-8-10-18-30(28)34)19-11-12-20-37-22-25(23-37)21-35-31(38)26-13-5-4-6-14-26;1-3-2;3*1-2/h7-10,15-18,25-26H,4-6,11-14,19-24H2,1-3H3,(H,35,38)(H,36,39);3H2,1-2H3;3*1-2H3. The Morgan fingerprint density at radius 1 is 0.771 bits per heavy atom. The predicted molar refractivity (Wildman–Crippen MR) is 208 cm³/mol. The molecule has 1 saturated heterocycles. The summed E-state index contributed by atoms with van der Waals surface area (Å²) in [6, 6.07) is 17.0. The van der Waals surface area contributed by atoms with E-state index in [0.29, 0.717) is 12.5 Å². The summed E-state index contributed by atoms with van der Waals surface area (Å²) in [7, 11) is 0. The maximum absolute atomic E-state index is 14.1. The predicted octanol–water partition coefficient (Wildman–Crippen LogP) is 10.4. The molecule has 2 aromatic rings. The van der Waals surface area contributed by atoms with Crippen molar-refractivity contribution in [3.8, 4) is 11.1 Å². The average molecular weight is 664 g/mol. The molecule has 2 aromatic carbocycles. The number of hydrogen-bond acceptors (Lipinski definition) is 3. The molecule has 3 aliphatic rings. The molecule has 5 rings (SSSR count). The number of rotatable bonds is 10. The maximum atomic E-state index is 14.1. The van der Waals surface area contributed by atoms with Gasteiger partial charge >= 0.3 is 0 Å². The number of nitrogens with zero attached hydrogens (tertiary/aromatic N) is 1. The first-order chi connectivity index (χ1) is 23.2. The van der Waals surface area contributed by atoms with E-state index in [2.05, 4.69) is 98.7 Å². The summed E-state index contributed by atoms with van der Waals surface area (Å²) in [5.41, 5.74) is 4.07. The Hall–Kier alpha value is -2.66. The van der Waals surface area contributed by atoms with E-state index >= 15 is 0 Å². The van der Waals surface area contributed by atoms with Gasteiger partial charge in [-0.25, -0.2) is 0 Å². The second kappa shape index (κ2) is 22.9. The number of hydrogen-bond donors (Lipinski definition) is 2. The van der Waals surface area contributed by atoms with Crippen molar-refractivity contribution in [2.24, 2.45) is 17.3 Å². The number of amides is 2. The quantitative estimate of drug-likeness (QED) is 0.249. The molecule has 1 aliphatic heterocycles. The minimum Gasteiger partial charge on any atom is -0.355 e. The zero-order valence-electron chi connectivity index (χ0n) is 32.9. The Kier molecular flexibility index (Phi) is 20.7. The highest BCUT2D eigenvalue weighted by Crippen LogP contribution is 2.51. The lowest BCUT2D eigenvalue weighted by Gasteiger charge is -2.40. The molecule has 5 heteroatoms. The Morgan fingerprint density at radius 3 is 1.77 bits per heavy atom. The normalized spacial score (nSPS) is 16.3. The topological polar surface area (TPSA) is 61.4 Å². The number of carbonyl (C=O) groups excluding carboxylic acids is 2.